The molecule has 0 heterocycles. The summed E-state index contributed by atoms with van der Waals surface area (Å²) in [5.74, 6) is 1.43. The first-order valence-electron chi connectivity index (χ1n) is 11.9. The second-order valence-corrected chi connectivity index (χ2v) is 10.1. The van der Waals surface area contributed by atoms with Crippen molar-refractivity contribution in [3.63, 3.8) is 0 Å². The summed E-state index contributed by atoms with van der Waals surface area (Å²) in [5, 5.41) is 0. The van der Waals surface area contributed by atoms with Crippen molar-refractivity contribution < 1.29 is 22.1 Å². The maximum absolute atomic E-state index is 12.5. The minimum Gasteiger partial charge on any atom is -0.489 e. The van der Waals surface area contributed by atoms with E-state index in [4.69, 9.17) is 13.7 Å². The van der Waals surface area contributed by atoms with Crippen LogP contribution in [0.3, 0.4) is 0 Å². The van der Waals surface area contributed by atoms with Crippen molar-refractivity contribution in [2.75, 3.05) is 6.61 Å². The summed E-state index contributed by atoms with van der Waals surface area (Å²) in [6, 6.07) is 32.4. The number of rotatable bonds is 12. The van der Waals surface area contributed by atoms with Gasteiger partial charge in [0.05, 0.1) is 11.5 Å². The molecule has 0 aliphatic heterocycles. The maximum atomic E-state index is 12.5. The van der Waals surface area contributed by atoms with Gasteiger partial charge in [0.2, 0.25) is 0 Å². The predicted octanol–water partition coefficient (Wildman–Crippen LogP) is 6.49. The zero-order valence-corrected chi connectivity index (χ0v) is 21.1. The Bertz CT molecular complexity index is 1340. The van der Waals surface area contributed by atoms with Crippen molar-refractivity contribution in [1.29, 1.82) is 0 Å². The fourth-order valence-electron chi connectivity index (χ4n) is 3.65. The van der Waals surface area contributed by atoms with Gasteiger partial charge in [0.25, 0.3) is 10.1 Å². The molecule has 0 aliphatic rings. The molecule has 0 N–H and O–H groups in total. The van der Waals surface area contributed by atoms with Gasteiger partial charge in [-0.1, -0.05) is 84.4 Å². The lowest BCUT2D eigenvalue weighted by Crippen LogP contribution is -2.08. The molecule has 0 unspecified atom stereocenters. The average molecular weight is 503 g/mol. The van der Waals surface area contributed by atoms with Crippen LogP contribution < -0.4 is 9.47 Å². The molecule has 186 valence electrons. The zero-order valence-electron chi connectivity index (χ0n) is 20.3. The number of ether oxygens (including phenoxy) is 2. The molecule has 6 heteroatoms. The fourth-order valence-corrected chi connectivity index (χ4v) is 4.59. The first-order chi connectivity index (χ1) is 17.5. The summed E-state index contributed by atoms with van der Waals surface area (Å²) in [7, 11) is -3.78. The summed E-state index contributed by atoms with van der Waals surface area (Å²) in [4.78, 5) is 0.167. The monoisotopic (exact) mass is 502 g/mol. The van der Waals surface area contributed by atoms with Crippen LogP contribution >= 0.6 is 0 Å². The first-order valence-corrected chi connectivity index (χ1v) is 13.3. The Balaban J connectivity index is 1.40. The third-order valence-corrected chi connectivity index (χ3v) is 6.99. The van der Waals surface area contributed by atoms with Crippen molar-refractivity contribution in [2.45, 2.75) is 37.9 Å². The lowest BCUT2D eigenvalue weighted by molar-refractivity contribution is 0.285. The molecule has 0 fully saturated rings. The van der Waals surface area contributed by atoms with Gasteiger partial charge in [0.15, 0.2) is 0 Å². The molecular weight excluding hydrogens is 472 g/mol. The van der Waals surface area contributed by atoms with Crippen LogP contribution in [0.2, 0.25) is 0 Å². The minimum absolute atomic E-state index is 0.0839. The van der Waals surface area contributed by atoms with Gasteiger partial charge in [0, 0.05) is 6.07 Å². The molecule has 4 aromatic rings. The molecule has 0 spiro atoms. The minimum atomic E-state index is -3.78. The van der Waals surface area contributed by atoms with Crippen LogP contribution in [0.5, 0.6) is 11.5 Å². The molecule has 0 amide bonds. The average Bonchev–Trinajstić information content (AvgIpc) is 2.91. The van der Waals surface area contributed by atoms with E-state index in [1.165, 1.54) is 0 Å². The van der Waals surface area contributed by atoms with Gasteiger partial charge in [-0.25, -0.2) is 0 Å². The molecule has 0 radical (unpaired) electrons. The van der Waals surface area contributed by atoms with Crippen molar-refractivity contribution in [2.24, 2.45) is 0 Å². The number of aryl methyl sites for hydroxylation is 2. The van der Waals surface area contributed by atoms with Crippen molar-refractivity contribution in [3.8, 4) is 11.5 Å². The van der Waals surface area contributed by atoms with E-state index >= 15 is 0 Å². The molecule has 0 saturated carbocycles. The van der Waals surface area contributed by atoms with Crippen molar-refractivity contribution in [3.05, 3.63) is 125 Å². The van der Waals surface area contributed by atoms with Crippen LogP contribution in [0.1, 0.15) is 28.7 Å². The summed E-state index contributed by atoms with van der Waals surface area (Å²) in [6.07, 6.45) is 1.13. The Morgan fingerprint density at radius 3 is 1.94 bits per heavy atom. The van der Waals surface area contributed by atoms with Crippen LogP contribution in [0.25, 0.3) is 0 Å². The van der Waals surface area contributed by atoms with Gasteiger partial charge in [0.1, 0.15) is 24.7 Å². The SMILES string of the molecule is Cc1ccc(S(=O)(=O)OCCCc2ccc(OCc3ccccc3)cc2OCc2ccccc2)cc1. The lowest BCUT2D eigenvalue weighted by atomic mass is 10.1. The molecular formula is C30H30O5S. The maximum Gasteiger partial charge on any atom is 0.296 e. The molecule has 0 saturated heterocycles. The van der Waals surface area contributed by atoms with E-state index in [-0.39, 0.29) is 11.5 Å². The van der Waals surface area contributed by atoms with E-state index in [9.17, 15) is 8.42 Å². The Morgan fingerprint density at radius 1 is 0.694 bits per heavy atom. The quantitative estimate of drug-likeness (QED) is 0.164. The molecule has 0 atom stereocenters. The van der Waals surface area contributed by atoms with Crippen LogP contribution in [-0.2, 0) is 33.9 Å². The first kappa shape index (κ1) is 25.5. The Labute approximate surface area is 213 Å². The summed E-state index contributed by atoms with van der Waals surface area (Å²) >= 11 is 0. The zero-order chi connectivity index (χ0) is 25.2. The van der Waals surface area contributed by atoms with E-state index < -0.39 is 10.1 Å². The van der Waals surface area contributed by atoms with Gasteiger partial charge >= 0.3 is 0 Å². The molecule has 0 aromatic heterocycles. The van der Waals surface area contributed by atoms with Gasteiger partial charge in [-0.3, -0.25) is 4.18 Å². The molecule has 36 heavy (non-hydrogen) atoms. The second kappa shape index (κ2) is 12.4. The fraction of sp³-hybridized carbons (Fsp3) is 0.200. The van der Waals surface area contributed by atoms with E-state index in [0.29, 0.717) is 37.6 Å². The Morgan fingerprint density at radius 2 is 1.31 bits per heavy atom. The third-order valence-electron chi connectivity index (χ3n) is 5.66. The molecule has 4 rings (SSSR count). The van der Waals surface area contributed by atoms with Crippen LogP contribution in [0.15, 0.2) is 108 Å². The van der Waals surface area contributed by atoms with E-state index in [0.717, 1.165) is 22.3 Å². The van der Waals surface area contributed by atoms with E-state index in [2.05, 4.69) is 0 Å². The molecule has 0 bridgehead atoms. The van der Waals surface area contributed by atoms with E-state index in [1.807, 2.05) is 85.8 Å². The highest BCUT2D eigenvalue weighted by atomic mass is 32.2. The standard InChI is InChI=1S/C30H30O5S/c1-24-14-18-29(19-15-24)36(31,32)35-20-8-13-27-16-17-28(33-22-25-9-4-2-5-10-25)21-30(27)34-23-26-11-6-3-7-12-26/h2-7,9-12,14-19,21H,8,13,20,22-23H2,1H3. The van der Waals surface area contributed by atoms with E-state index in [1.54, 1.807) is 24.3 Å². The van der Waals surface area contributed by atoms with Crippen LogP contribution in [0.4, 0.5) is 0 Å². The highest BCUT2D eigenvalue weighted by Crippen LogP contribution is 2.28. The lowest BCUT2D eigenvalue weighted by Gasteiger charge is -2.14. The molecule has 5 nitrogen and oxygen atoms in total. The molecule has 4 aromatic carbocycles. The Kier molecular flexibility index (Phi) is 8.76. The summed E-state index contributed by atoms with van der Waals surface area (Å²) in [6.45, 7) is 2.88. The topological polar surface area (TPSA) is 61.8 Å². The van der Waals surface area contributed by atoms with Gasteiger partial charge < -0.3 is 9.47 Å². The smallest absolute Gasteiger partial charge is 0.296 e. The van der Waals surface area contributed by atoms with Gasteiger partial charge in [-0.05, 0) is 54.7 Å². The summed E-state index contributed by atoms with van der Waals surface area (Å²) in [5.41, 5.74) is 4.11. The highest BCUT2D eigenvalue weighted by Gasteiger charge is 2.15. The molecule has 0 aliphatic carbocycles. The number of hydrogen-bond acceptors (Lipinski definition) is 5. The number of hydrogen-bond donors (Lipinski definition) is 0. The third kappa shape index (κ3) is 7.44. The normalized spacial score (nSPS) is 11.2. The van der Waals surface area contributed by atoms with Crippen LogP contribution in [-0.4, -0.2) is 15.0 Å². The van der Waals surface area contributed by atoms with Gasteiger partial charge in [-0.15, -0.1) is 0 Å². The second-order valence-electron chi connectivity index (χ2n) is 8.51. The van der Waals surface area contributed by atoms with Crippen molar-refractivity contribution >= 4 is 10.1 Å². The van der Waals surface area contributed by atoms with Crippen LogP contribution in [0, 0.1) is 6.92 Å². The highest BCUT2D eigenvalue weighted by molar-refractivity contribution is 7.86. The van der Waals surface area contributed by atoms with Gasteiger partial charge in [-0.2, -0.15) is 8.42 Å². The summed E-state index contributed by atoms with van der Waals surface area (Å²) < 4.78 is 42.3. The largest absolute Gasteiger partial charge is 0.489 e. The van der Waals surface area contributed by atoms with Crippen molar-refractivity contribution in [1.82, 2.24) is 0 Å². The number of benzene rings is 4. The predicted molar refractivity (Wildman–Crippen MR) is 141 cm³/mol. The Hall–Kier alpha value is -3.61.